The minimum atomic E-state index is -0.140. The molecule has 0 amide bonds. The van der Waals surface area contributed by atoms with Gasteiger partial charge < -0.3 is 4.74 Å². The number of carbonyl (C=O) groups excluding carboxylic acids is 1. The fraction of sp³-hybridized carbons (Fsp3) is 0.643. The lowest BCUT2D eigenvalue weighted by Gasteiger charge is -2.22. The van der Waals surface area contributed by atoms with Gasteiger partial charge in [-0.1, -0.05) is 11.6 Å². The molecule has 1 heterocycles. The van der Waals surface area contributed by atoms with Crippen LogP contribution in [0.25, 0.3) is 0 Å². The van der Waals surface area contributed by atoms with Crippen molar-refractivity contribution in [3.63, 3.8) is 0 Å². The number of carbonyl (C=O) groups is 1. The summed E-state index contributed by atoms with van der Waals surface area (Å²) in [5, 5.41) is 0. The van der Waals surface area contributed by atoms with Crippen molar-refractivity contribution in [2.45, 2.75) is 25.8 Å². The Balaban J connectivity index is 1.73. The Morgan fingerprint density at radius 2 is 2.32 bits per heavy atom. The van der Waals surface area contributed by atoms with Gasteiger partial charge in [-0.25, -0.2) is 0 Å². The number of thiophene rings is 1. The lowest BCUT2D eigenvalue weighted by molar-refractivity contribution is 0.0752. The quantitative estimate of drug-likeness (QED) is 0.545. The number of Topliss-reactive ketones (excluding diaryl/α,β-unsaturated/α-hetero) is 1. The molecule has 0 bridgehead atoms. The molecule has 0 aliphatic heterocycles. The molecular weight excluding hydrogens is 282 g/mol. The lowest BCUT2D eigenvalue weighted by Crippen LogP contribution is -2.37. The van der Waals surface area contributed by atoms with Gasteiger partial charge in [-0.3, -0.25) is 9.69 Å². The van der Waals surface area contributed by atoms with Crippen molar-refractivity contribution >= 4 is 28.7 Å². The molecular formula is C14H20ClNO2S. The van der Waals surface area contributed by atoms with Gasteiger partial charge in [-0.05, 0) is 44.9 Å². The highest BCUT2D eigenvalue weighted by Crippen LogP contribution is 2.28. The summed E-state index contributed by atoms with van der Waals surface area (Å²) in [4.78, 5) is 15.0. The smallest absolute Gasteiger partial charge is 0.189 e. The van der Waals surface area contributed by atoms with Gasteiger partial charge in [0.05, 0.1) is 21.9 Å². The monoisotopic (exact) mass is 301 g/mol. The second-order valence-corrected chi connectivity index (χ2v) is 6.86. The number of ether oxygens (including phenoxy) is 1. The number of likely N-dealkylation sites (N-methyl/N-ethyl adjacent to an activating group) is 1. The molecule has 1 aliphatic rings. The molecule has 1 aromatic rings. The highest BCUT2D eigenvalue weighted by Gasteiger charge is 2.22. The first kappa shape index (κ1) is 15.0. The molecule has 0 radical (unpaired) electrons. The molecule has 19 heavy (non-hydrogen) atoms. The predicted octanol–water partition coefficient (Wildman–Crippen LogP) is 3.33. The average molecular weight is 302 g/mol. The second-order valence-electron chi connectivity index (χ2n) is 5.14. The normalized spacial score (nSPS) is 16.8. The van der Waals surface area contributed by atoms with Gasteiger partial charge in [0.1, 0.15) is 0 Å². The van der Waals surface area contributed by atoms with E-state index in [4.69, 9.17) is 16.3 Å². The van der Waals surface area contributed by atoms with E-state index in [0.29, 0.717) is 10.9 Å². The van der Waals surface area contributed by atoms with E-state index in [2.05, 4.69) is 0 Å². The number of rotatable bonds is 8. The van der Waals surface area contributed by atoms with Crippen molar-refractivity contribution in [1.82, 2.24) is 4.90 Å². The molecule has 3 nitrogen and oxygen atoms in total. The van der Waals surface area contributed by atoms with Crippen LogP contribution in [-0.4, -0.2) is 43.5 Å². The van der Waals surface area contributed by atoms with Gasteiger partial charge in [0.25, 0.3) is 0 Å². The average Bonchev–Trinajstić information content (AvgIpc) is 3.13. The Kier molecular flexibility index (Phi) is 5.39. The maximum atomic E-state index is 12.2. The van der Waals surface area contributed by atoms with Gasteiger partial charge in [-0.15, -0.1) is 11.3 Å². The highest BCUT2D eigenvalue weighted by molar-refractivity contribution is 7.18. The van der Waals surface area contributed by atoms with Crippen LogP contribution in [0, 0.1) is 5.92 Å². The summed E-state index contributed by atoms with van der Waals surface area (Å²) in [5.74, 6) is 0.916. The second kappa shape index (κ2) is 6.84. The zero-order chi connectivity index (χ0) is 13.8. The molecule has 1 unspecified atom stereocenters. The van der Waals surface area contributed by atoms with Crippen molar-refractivity contribution in [2.75, 3.05) is 26.8 Å². The number of hydrogen-bond acceptors (Lipinski definition) is 4. The maximum absolute atomic E-state index is 12.2. The topological polar surface area (TPSA) is 29.5 Å². The summed E-state index contributed by atoms with van der Waals surface area (Å²) in [6, 6.07) is 3.42. The Morgan fingerprint density at radius 1 is 1.58 bits per heavy atom. The maximum Gasteiger partial charge on any atom is 0.189 e. The van der Waals surface area contributed by atoms with Crippen LogP contribution in [0.3, 0.4) is 0 Å². The molecule has 5 heteroatoms. The third-order valence-electron chi connectivity index (χ3n) is 3.50. The largest absolute Gasteiger partial charge is 0.380 e. The van der Waals surface area contributed by atoms with Gasteiger partial charge >= 0.3 is 0 Å². The van der Waals surface area contributed by atoms with Gasteiger partial charge in [0.15, 0.2) is 5.78 Å². The molecule has 1 saturated carbocycles. The number of hydrogen-bond donors (Lipinski definition) is 0. The Bertz CT molecular complexity index is 431. The van der Waals surface area contributed by atoms with E-state index in [9.17, 15) is 4.79 Å². The lowest BCUT2D eigenvalue weighted by atomic mass is 10.1. The molecule has 1 aromatic heterocycles. The Morgan fingerprint density at radius 3 is 2.89 bits per heavy atom. The number of nitrogens with zero attached hydrogens (tertiary/aromatic N) is 1. The van der Waals surface area contributed by atoms with Crippen LogP contribution in [0.5, 0.6) is 0 Å². The Labute approximate surface area is 123 Å². The van der Waals surface area contributed by atoms with Crippen molar-refractivity contribution in [1.29, 1.82) is 0 Å². The van der Waals surface area contributed by atoms with Crippen LogP contribution in [0.4, 0.5) is 0 Å². The van der Waals surface area contributed by atoms with Crippen LogP contribution in [0.1, 0.15) is 29.4 Å². The fourth-order valence-corrected chi connectivity index (χ4v) is 2.86. The zero-order valence-corrected chi connectivity index (χ0v) is 13.0. The SMILES string of the molecule is CC(C(=O)c1ccc(Cl)s1)N(C)CCOCC1CC1. The van der Waals surface area contributed by atoms with E-state index in [1.54, 1.807) is 12.1 Å². The Hall–Kier alpha value is -0.420. The van der Waals surface area contributed by atoms with E-state index in [0.717, 1.165) is 23.9 Å². The summed E-state index contributed by atoms with van der Waals surface area (Å²) >= 11 is 7.20. The van der Waals surface area contributed by atoms with Crippen molar-refractivity contribution in [2.24, 2.45) is 5.92 Å². The van der Waals surface area contributed by atoms with E-state index in [1.165, 1.54) is 24.2 Å². The predicted molar refractivity (Wildman–Crippen MR) is 79.3 cm³/mol. The first-order valence-electron chi connectivity index (χ1n) is 6.65. The summed E-state index contributed by atoms with van der Waals surface area (Å²) in [5.41, 5.74) is 0. The molecule has 0 aromatic carbocycles. The molecule has 106 valence electrons. The van der Waals surface area contributed by atoms with Gasteiger partial charge in [0.2, 0.25) is 0 Å². The minimum absolute atomic E-state index is 0.126. The molecule has 1 fully saturated rings. The molecule has 1 atom stereocenters. The zero-order valence-electron chi connectivity index (χ0n) is 11.4. The molecule has 0 N–H and O–H groups in total. The van der Waals surface area contributed by atoms with E-state index >= 15 is 0 Å². The van der Waals surface area contributed by atoms with Crippen molar-refractivity contribution in [3.8, 4) is 0 Å². The standard InChI is InChI=1S/C14H20ClNO2S/c1-10(14(17)12-5-6-13(15)19-12)16(2)7-8-18-9-11-3-4-11/h5-6,10-11H,3-4,7-9H2,1-2H3. The first-order chi connectivity index (χ1) is 9.08. The van der Waals surface area contributed by atoms with Crippen LogP contribution < -0.4 is 0 Å². The summed E-state index contributed by atoms with van der Waals surface area (Å²) in [7, 11) is 1.96. The third-order valence-corrected chi connectivity index (χ3v) is 4.74. The van der Waals surface area contributed by atoms with Crippen LogP contribution in [-0.2, 0) is 4.74 Å². The number of ketones is 1. The minimum Gasteiger partial charge on any atom is -0.380 e. The van der Waals surface area contributed by atoms with Gasteiger partial charge in [0, 0.05) is 13.2 Å². The first-order valence-corrected chi connectivity index (χ1v) is 7.85. The highest BCUT2D eigenvalue weighted by atomic mass is 35.5. The number of halogens is 1. The summed E-state index contributed by atoms with van der Waals surface area (Å²) in [6.07, 6.45) is 2.62. The van der Waals surface area contributed by atoms with Crippen LogP contribution >= 0.6 is 22.9 Å². The van der Waals surface area contributed by atoms with Crippen molar-refractivity contribution < 1.29 is 9.53 Å². The van der Waals surface area contributed by atoms with Gasteiger partial charge in [-0.2, -0.15) is 0 Å². The summed E-state index contributed by atoms with van der Waals surface area (Å²) in [6.45, 7) is 4.27. The van der Waals surface area contributed by atoms with E-state index < -0.39 is 0 Å². The molecule has 1 aliphatic carbocycles. The van der Waals surface area contributed by atoms with Crippen LogP contribution in [0.2, 0.25) is 4.34 Å². The summed E-state index contributed by atoms with van der Waals surface area (Å²) < 4.78 is 6.25. The van der Waals surface area contributed by atoms with Crippen LogP contribution in [0.15, 0.2) is 12.1 Å². The fourth-order valence-electron chi connectivity index (χ4n) is 1.79. The molecule has 0 spiro atoms. The van der Waals surface area contributed by atoms with E-state index in [1.807, 2.05) is 18.9 Å². The van der Waals surface area contributed by atoms with E-state index in [-0.39, 0.29) is 11.8 Å². The van der Waals surface area contributed by atoms with Crippen molar-refractivity contribution in [3.05, 3.63) is 21.3 Å². The molecule has 2 rings (SSSR count). The third kappa shape index (κ3) is 4.56. The molecule has 0 saturated heterocycles.